The summed E-state index contributed by atoms with van der Waals surface area (Å²) >= 11 is 6.09. The van der Waals surface area contributed by atoms with Gasteiger partial charge < -0.3 is 5.32 Å². The summed E-state index contributed by atoms with van der Waals surface area (Å²) in [6.45, 7) is 4.41. The third-order valence-corrected chi connectivity index (χ3v) is 3.43. The number of hydrogen-bond donors (Lipinski definition) is 1. The molecule has 1 fully saturated rings. The predicted molar refractivity (Wildman–Crippen MR) is 66.8 cm³/mol. The lowest BCUT2D eigenvalue weighted by atomic mass is 9.82. The molecular weight excluding hydrogens is 222 g/mol. The lowest BCUT2D eigenvalue weighted by Crippen LogP contribution is -2.34. The van der Waals surface area contributed by atoms with Crippen LogP contribution in [0.25, 0.3) is 0 Å². The first-order chi connectivity index (χ1) is 7.70. The number of aromatic nitrogens is 2. The Kier molecular flexibility index (Phi) is 3.64. The van der Waals surface area contributed by atoms with E-state index in [9.17, 15) is 0 Å². The first-order valence-electron chi connectivity index (χ1n) is 5.96. The number of halogens is 1. The molecule has 0 aliphatic heterocycles. The van der Waals surface area contributed by atoms with Crippen molar-refractivity contribution in [3.8, 4) is 0 Å². The van der Waals surface area contributed by atoms with Gasteiger partial charge >= 0.3 is 0 Å². The monoisotopic (exact) mass is 239 g/mol. The van der Waals surface area contributed by atoms with Crippen LogP contribution in [0, 0.1) is 5.92 Å². The molecule has 0 aromatic carbocycles. The summed E-state index contributed by atoms with van der Waals surface area (Å²) in [5, 5.41) is 4.06. The summed E-state index contributed by atoms with van der Waals surface area (Å²) < 4.78 is 0. The molecule has 1 aliphatic carbocycles. The van der Waals surface area contributed by atoms with Crippen molar-refractivity contribution < 1.29 is 0 Å². The van der Waals surface area contributed by atoms with E-state index in [0.717, 1.165) is 30.1 Å². The maximum atomic E-state index is 6.09. The van der Waals surface area contributed by atoms with Gasteiger partial charge in [0, 0.05) is 11.6 Å². The molecule has 0 bridgehead atoms. The van der Waals surface area contributed by atoms with Gasteiger partial charge in [-0.1, -0.05) is 31.9 Å². The lowest BCUT2D eigenvalue weighted by Gasteiger charge is -2.34. The van der Waals surface area contributed by atoms with Crippen LogP contribution in [0.1, 0.15) is 38.7 Å². The van der Waals surface area contributed by atoms with Crippen molar-refractivity contribution in [3.63, 3.8) is 0 Å². The minimum Gasteiger partial charge on any atom is -0.367 e. The standard InChI is InChI=1S/C12H18ClN3/c1-3-4-10-11(13)14-7-15-12(10)16-9-5-8(2)6-9/h7-9H,3-6H2,1-2H3,(H,14,15,16). The van der Waals surface area contributed by atoms with Crippen molar-refractivity contribution in [2.45, 2.75) is 45.6 Å². The van der Waals surface area contributed by atoms with Crippen LogP contribution in [0.3, 0.4) is 0 Å². The van der Waals surface area contributed by atoms with Crippen LogP contribution < -0.4 is 5.32 Å². The number of anilines is 1. The van der Waals surface area contributed by atoms with Crippen LogP contribution in [-0.4, -0.2) is 16.0 Å². The molecule has 1 heterocycles. The Bertz CT molecular complexity index is 361. The summed E-state index contributed by atoms with van der Waals surface area (Å²) in [5.74, 6) is 1.77. The molecule has 1 saturated carbocycles. The smallest absolute Gasteiger partial charge is 0.137 e. The first-order valence-corrected chi connectivity index (χ1v) is 6.34. The molecule has 0 amide bonds. The minimum atomic E-state index is 0.566. The van der Waals surface area contributed by atoms with Gasteiger partial charge in [0.1, 0.15) is 17.3 Å². The van der Waals surface area contributed by atoms with E-state index < -0.39 is 0 Å². The summed E-state index contributed by atoms with van der Waals surface area (Å²) in [7, 11) is 0. The Morgan fingerprint density at radius 3 is 2.81 bits per heavy atom. The molecule has 16 heavy (non-hydrogen) atoms. The highest BCUT2D eigenvalue weighted by atomic mass is 35.5. The topological polar surface area (TPSA) is 37.8 Å². The average Bonchev–Trinajstić information content (AvgIpc) is 2.21. The largest absolute Gasteiger partial charge is 0.367 e. The van der Waals surface area contributed by atoms with Gasteiger partial charge in [0.25, 0.3) is 0 Å². The molecule has 0 unspecified atom stereocenters. The molecule has 1 aliphatic rings. The zero-order valence-corrected chi connectivity index (χ0v) is 10.6. The van der Waals surface area contributed by atoms with Gasteiger partial charge in [0.05, 0.1) is 0 Å². The Morgan fingerprint density at radius 2 is 2.19 bits per heavy atom. The molecule has 0 radical (unpaired) electrons. The molecule has 1 aromatic rings. The van der Waals surface area contributed by atoms with E-state index in [1.54, 1.807) is 0 Å². The fourth-order valence-corrected chi connectivity index (χ4v) is 2.43. The molecule has 1 N–H and O–H groups in total. The molecule has 1 aromatic heterocycles. The molecule has 0 atom stereocenters. The fourth-order valence-electron chi connectivity index (χ4n) is 2.20. The van der Waals surface area contributed by atoms with Gasteiger partial charge in [-0.2, -0.15) is 0 Å². The summed E-state index contributed by atoms with van der Waals surface area (Å²) in [6.07, 6.45) is 5.99. The Hall–Kier alpha value is -0.830. The predicted octanol–water partition coefficient (Wildman–Crippen LogP) is 3.29. The van der Waals surface area contributed by atoms with Crippen molar-refractivity contribution in [1.82, 2.24) is 9.97 Å². The van der Waals surface area contributed by atoms with E-state index in [2.05, 4.69) is 29.1 Å². The third kappa shape index (κ3) is 2.46. The minimum absolute atomic E-state index is 0.566. The maximum Gasteiger partial charge on any atom is 0.137 e. The molecule has 88 valence electrons. The molecular formula is C12H18ClN3. The lowest BCUT2D eigenvalue weighted by molar-refractivity contribution is 0.308. The van der Waals surface area contributed by atoms with E-state index in [1.807, 2.05) is 0 Å². The molecule has 0 spiro atoms. The second-order valence-corrected chi connectivity index (χ2v) is 5.02. The van der Waals surface area contributed by atoms with E-state index in [4.69, 9.17) is 11.6 Å². The van der Waals surface area contributed by atoms with E-state index in [0.29, 0.717) is 11.2 Å². The van der Waals surface area contributed by atoms with E-state index in [-0.39, 0.29) is 0 Å². The molecule has 4 heteroatoms. The normalized spacial score (nSPS) is 23.9. The van der Waals surface area contributed by atoms with Crippen LogP contribution in [0.15, 0.2) is 6.33 Å². The second kappa shape index (κ2) is 5.00. The van der Waals surface area contributed by atoms with Gasteiger partial charge in [-0.05, 0) is 25.2 Å². The highest BCUT2D eigenvalue weighted by Gasteiger charge is 2.26. The summed E-state index contributed by atoms with van der Waals surface area (Å²) in [6, 6.07) is 0.566. The Balaban J connectivity index is 2.09. The first kappa shape index (κ1) is 11.6. The summed E-state index contributed by atoms with van der Waals surface area (Å²) in [4.78, 5) is 8.34. The van der Waals surface area contributed by atoms with Gasteiger partial charge in [-0.25, -0.2) is 9.97 Å². The fraction of sp³-hybridized carbons (Fsp3) is 0.667. The van der Waals surface area contributed by atoms with Crippen LogP contribution in [-0.2, 0) is 6.42 Å². The van der Waals surface area contributed by atoms with Crippen molar-refractivity contribution in [1.29, 1.82) is 0 Å². The average molecular weight is 240 g/mol. The number of nitrogens with one attached hydrogen (secondary N) is 1. The molecule has 3 nitrogen and oxygen atoms in total. The number of nitrogens with zero attached hydrogens (tertiary/aromatic N) is 2. The molecule has 0 saturated heterocycles. The van der Waals surface area contributed by atoms with Crippen LogP contribution in [0.5, 0.6) is 0 Å². The second-order valence-electron chi connectivity index (χ2n) is 4.66. The van der Waals surface area contributed by atoms with Gasteiger partial charge in [-0.15, -0.1) is 0 Å². The number of hydrogen-bond acceptors (Lipinski definition) is 3. The third-order valence-electron chi connectivity index (χ3n) is 3.11. The zero-order valence-electron chi connectivity index (χ0n) is 9.83. The van der Waals surface area contributed by atoms with Gasteiger partial charge in [0.2, 0.25) is 0 Å². The van der Waals surface area contributed by atoms with Crippen LogP contribution in [0.2, 0.25) is 5.15 Å². The SMILES string of the molecule is CCCc1c(Cl)ncnc1NC1CC(C)C1. The van der Waals surface area contributed by atoms with Crippen molar-refractivity contribution in [3.05, 3.63) is 17.0 Å². The molecule has 2 rings (SSSR count). The van der Waals surface area contributed by atoms with Gasteiger partial charge in [-0.3, -0.25) is 0 Å². The van der Waals surface area contributed by atoms with Crippen LogP contribution >= 0.6 is 11.6 Å². The van der Waals surface area contributed by atoms with E-state index >= 15 is 0 Å². The van der Waals surface area contributed by atoms with E-state index in [1.165, 1.54) is 19.2 Å². The number of rotatable bonds is 4. The maximum absolute atomic E-state index is 6.09. The Labute approximate surface area is 102 Å². The quantitative estimate of drug-likeness (QED) is 0.820. The van der Waals surface area contributed by atoms with Gasteiger partial charge in [0.15, 0.2) is 0 Å². The van der Waals surface area contributed by atoms with Crippen molar-refractivity contribution in [2.75, 3.05) is 5.32 Å². The van der Waals surface area contributed by atoms with Crippen LogP contribution in [0.4, 0.5) is 5.82 Å². The highest BCUT2D eigenvalue weighted by molar-refractivity contribution is 6.30. The highest BCUT2D eigenvalue weighted by Crippen LogP contribution is 2.31. The summed E-state index contributed by atoms with van der Waals surface area (Å²) in [5.41, 5.74) is 1.06. The zero-order chi connectivity index (χ0) is 11.5. The van der Waals surface area contributed by atoms with Crippen molar-refractivity contribution in [2.24, 2.45) is 5.92 Å². The van der Waals surface area contributed by atoms with Crippen molar-refractivity contribution >= 4 is 17.4 Å². The Morgan fingerprint density at radius 1 is 1.44 bits per heavy atom.